The van der Waals surface area contributed by atoms with Gasteiger partial charge in [0.1, 0.15) is 0 Å². The highest BCUT2D eigenvalue weighted by molar-refractivity contribution is 7.85. The molecule has 0 saturated carbocycles. The molecule has 0 aromatic carbocycles. The number of hydrogen-bond acceptors (Lipinski definition) is 3. The van der Waals surface area contributed by atoms with Gasteiger partial charge in [0, 0.05) is 47.4 Å². The summed E-state index contributed by atoms with van der Waals surface area (Å²) in [5.41, 5.74) is 0. The fraction of sp³-hybridized carbons (Fsp3) is 0.909. The van der Waals surface area contributed by atoms with Gasteiger partial charge in [-0.2, -0.15) is 0 Å². The maximum absolute atomic E-state index is 11.4. The van der Waals surface area contributed by atoms with E-state index < -0.39 is 10.8 Å². The summed E-state index contributed by atoms with van der Waals surface area (Å²) in [7, 11) is -0.597. The van der Waals surface area contributed by atoms with E-state index >= 15 is 0 Å². The van der Waals surface area contributed by atoms with Crippen molar-refractivity contribution in [2.45, 2.75) is 44.2 Å². The van der Waals surface area contributed by atoms with Crippen LogP contribution >= 0.6 is 0 Å². The Labute approximate surface area is 99.0 Å². The van der Waals surface area contributed by atoms with Crippen LogP contribution in [0.3, 0.4) is 0 Å². The molecule has 92 valence electrons. The van der Waals surface area contributed by atoms with Crippen molar-refractivity contribution < 1.29 is 9.00 Å². The summed E-state index contributed by atoms with van der Waals surface area (Å²) in [6.07, 6.45) is 4.70. The van der Waals surface area contributed by atoms with Crippen molar-refractivity contribution in [2.24, 2.45) is 0 Å². The molecule has 1 unspecified atom stereocenters. The fourth-order valence-electron chi connectivity index (χ4n) is 2.41. The number of amides is 1. The first-order chi connectivity index (χ1) is 7.74. The van der Waals surface area contributed by atoms with E-state index in [9.17, 15) is 9.00 Å². The third-order valence-electron chi connectivity index (χ3n) is 3.34. The number of nitrogens with one attached hydrogen (secondary N) is 2. The predicted molar refractivity (Wildman–Crippen MR) is 64.7 cm³/mol. The second kappa shape index (κ2) is 5.77. The summed E-state index contributed by atoms with van der Waals surface area (Å²) in [6.45, 7) is 0.811. The summed E-state index contributed by atoms with van der Waals surface area (Å²) in [5, 5.41) is 6.44. The molecule has 0 aromatic rings. The Bertz CT molecular complexity index is 273. The molecule has 0 bridgehead atoms. The van der Waals surface area contributed by atoms with E-state index in [4.69, 9.17) is 0 Å². The minimum atomic E-state index is -0.597. The summed E-state index contributed by atoms with van der Waals surface area (Å²) in [4.78, 5) is 11.4. The van der Waals surface area contributed by atoms with Gasteiger partial charge in [-0.05, 0) is 25.7 Å². The van der Waals surface area contributed by atoms with E-state index in [0.29, 0.717) is 18.5 Å². The van der Waals surface area contributed by atoms with E-state index in [0.717, 1.165) is 43.7 Å². The Hall–Kier alpha value is -0.420. The Balaban J connectivity index is 1.79. The van der Waals surface area contributed by atoms with Gasteiger partial charge in [0.2, 0.25) is 5.91 Å². The van der Waals surface area contributed by atoms with Crippen LogP contribution in [0.15, 0.2) is 0 Å². The molecule has 16 heavy (non-hydrogen) atoms. The standard InChI is InChI=1S/C11H20N2O2S/c14-11-8-10(2-1-5-12-11)13-9-3-6-16(15)7-4-9/h9-10,13H,1-8H2,(H,12,14). The molecule has 1 amide bonds. The average Bonchev–Trinajstić information content (AvgIpc) is 2.46. The molecule has 2 saturated heterocycles. The van der Waals surface area contributed by atoms with E-state index in [-0.39, 0.29) is 5.91 Å². The smallest absolute Gasteiger partial charge is 0.221 e. The Morgan fingerprint density at radius 2 is 1.94 bits per heavy atom. The molecule has 2 fully saturated rings. The quantitative estimate of drug-likeness (QED) is 0.727. The molecular weight excluding hydrogens is 224 g/mol. The third-order valence-corrected chi connectivity index (χ3v) is 4.72. The highest BCUT2D eigenvalue weighted by Crippen LogP contribution is 2.13. The normalized spacial score (nSPS) is 36.5. The third kappa shape index (κ3) is 3.56. The zero-order valence-electron chi connectivity index (χ0n) is 9.54. The second-order valence-corrected chi connectivity index (χ2v) is 6.38. The van der Waals surface area contributed by atoms with Crippen LogP contribution in [0, 0.1) is 0 Å². The number of carbonyl (C=O) groups excluding carboxylic acids is 1. The lowest BCUT2D eigenvalue weighted by molar-refractivity contribution is -0.121. The highest BCUT2D eigenvalue weighted by Gasteiger charge is 2.23. The highest BCUT2D eigenvalue weighted by atomic mass is 32.2. The van der Waals surface area contributed by atoms with Gasteiger partial charge in [0.05, 0.1) is 0 Å². The molecule has 0 aromatic heterocycles. The van der Waals surface area contributed by atoms with Gasteiger partial charge in [-0.1, -0.05) is 0 Å². The van der Waals surface area contributed by atoms with E-state index in [1.54, 1.807) is 0 Å². The van der Waals surface area contributed by atoms with Crippen LogP contribution in [0.5, 0.6) is 0 Å². The molecule has 5 heteroatoms. The van der Waals surface area contributed by atoms with Gasteiger partial charge in [-0.3, -0.25) is 9.00 Å². The SMILES string of the molecule is O=C1CC(NC2CCS(=O)CC2)CCCN1. The molecule has 2 rings (SSSR count). The van der Waals surface area contributed by atoms with Crippen molar-refractivity contribution in [1.82, 2.24) is 10.6 Å². The van der Waals surface area contributed by atoms with Crippen LogP contribution in [-0.4, -0.2) is 40.3 Å². The van der Waals surface area contributed by atoms with Gasteiger partial charge in [0.25, 0.3) is 0 Å². The zero-order valence-corrected chi connectivity index (χ0v) is 10.4. The minimum Gasteiger partial charge on any atom is -0.356 e. The van der Waals surface area contributed by atoms with Crippen molar-refractivity contribution >= 4 is 16.7 Å². The lowest BCUT2D eigenvalue weighted by Crippen LogP contribution is -2.43. The first-order valence-electron chi connectivity index (χ1n) is 6.12. The number of hydrogen-bond donors (Lipinski definition) is 2. The van der Waals surface area contributed by atoms with Crippen LogP contribution in [0.1, 0.15) is 32.1 Å². The van der Waals surface area contributed by atoms with E-state index in [2.05, 4.69) is 10.6 Å². The number of rotatable bonds is 2. The van der Waals surface area contributed by atoms with Crippen LogP contribution in [0.2, 0.25) is 0 Å². The fourth-order valence-corrected chi connectivity index (χ4v) is 3.71. The van der Waals surface area contributed by atoms with E-state index in [1.165, 1.54) is 0 Å². The van der Waals surface area contributed by atoms with Crippen molar-refractivity contribution in [3.63, 3.8) is 0 Å². The molecular formula is C11H20N2O2S. The molecule has 1 atom stereocenters. The molecule has 0 aliphatic carbocycles. The average molecular weight is 244 g/mol. The van der Waals surface area contributed by atoms with Crippen LogP contribution < -0.4 is 10.6 Å². The van der Waals surface area contributed by atoms with Gasteiger partial charge < -0.3 is 10.6 Å². The first-order valence-corrected chi connectivity index (χ1v) is 7.60. The predicted octanol–water partition coefficient (Wildman–Crippen LogP) is 0.156. The van der Waals surface area contributed by atoms with Crippen molar-refractivity contribution in [3.8, 4) is 0 Å². The summed E-state index contributed by atoms with van der Waals surface area (Å²) in [6, 6.07) is 0.785. The van der Waals surface area contributed by atoms with Crippen molar-refractivity contribution in [2.75, 3.05) is 18.1 Å². The van der Waals surface area contributed by atoms with Gasteiger partial charge in [-0.15, -0.1) is 0 Å². The summed E-state index contributed by atoms with van der Waals surface area (Å²) < 4.78 is 11.2. The minimum absolute atomic E-state index is 0.161. The van der Waals surface area contributed by atoms with Crippen LogP contribution in [0.4, 0.5) is 0 Å². The maximum atomic E-state index is 11.4. The Morgan fingerprint density at radius 3 is 2.69 bits per heavy atom. The zero-order chi connectivity index (χ0) is 11.4. The Kier molecular flexibility index (Phi) is 4.35. The molecule has 0 radical (unpaired) electrons. The first kappa shape index (κ1) is 12.0. The van der Waals surface area contributed by atoms with E-state index in [1.807, 2.05) is 0 Å². The largest absolute Gasteiger partial charge is 0.356 e. The van der Waals surface area contributed by atoms with Gasteiger partial charge >= 0.3 is 0 Å². The van der Waals surface area contributed by atoms with Crippen LogP contribution in [-0.2, 0) is 15.6 Å². The molecule has 0 spiro atoms. The second-order valence-electron chi connectivity index (χ2n) is 4.68. The summed E-state index contributed by atoms with van der Waals surface area (Å²) >= 11 is 0. The van der Waals surface area contributed by atoms with Crippen molar-refractivity contribution in [1.29, 1.82) is 0 Å². The molecule has 4 nitrogen and oxygen atoms in total. The lowest BCUT2D eigenvalue weighted by Gasteiger charge is -2.27. The topological polar surface area (TPSA) is 58.2 Å². The maximum Gasteiger partial charge on any atom is 0.221 e. The molecule has 2 aliphatic rings. The molecule has 2 heterocycles. The van der Waals surface area contributed by atoms with Crippen LogP contribution in [0.25, 0.3) is 0 Å². The lowest BCUT2D eigenvalue weighted by atomic mass is 10.1. The molecule has 2 aliphatic heterocycles. The van der Waals surface area contributed by atoms with Gasteiger partial charge in [-0.25, -0.2) is 0 Å². The molecule has 2 N–H and O–H groups in total. The van der Waals surface area contributed by atoms with Crippen molar-refractivity contribution in [3.05, 3.63) is 0 Å². The monoisotopic (exact) mass is 244 g/mol. The van der Waals surface area contributed by atoms with Gasteiger partial charge in [0.15, 0.2) is 0 Å². The number of carbonyl (C=O) groups is 1. The summed E-state index contributed by atoms with van der Waals surface area (Å²) in [5.74, 6) is 1.79. The Morgan fingerprint density at radius 1 is 1.19 bits per heavy atom.